The Labute approximate surface area is 163 Å². The van der Waals surface area contributed by atoms with Gasteiger partial charge in [0.05, 0.1) is 6.61 Å². The zero-order valence-corrected chi connectivity index (χ0v) is 16.2. The molecule has 0 saturated heterocycles. The fraction of sp³-hybridized carbons (Fsp3) is 0.250. The fourth-order valence-electron chi connectivity index (χ4n) is 3.05. The first-order chi connectivity index (χ1) is 12.7. The molecule has 2 aromatic carbocycles. The second-order valence-corrected chi connectivity index (χ2v) is 6.81. The summed E-state index contributed by atoms with van der Waals surface area (Å²) in [5.41, 5.74) is 3.38. The van der Waals surface area contributed by atoms with E-state index < -0.39 is 0 Å². The highest BCUT2D eigenvalue weighted by molar-refractivity contribution is 7.80. The van der Waals surface area contributed by atoms with Crippen molar-refractivity contribution in [2.45, 2.75) is 5.92 Å². The predicted octanol–water partition coefficient (Wildman–Crippen LogP) is 4.06. The van der Waals surface area contributed by atoms with Gasteiger partial charge in [0.25, 0.3) is 0 Å². The molecule has 0 radical (unpaired) electrons. The molecule has 136 valence electrons. The Bertz CT molecular complexity index is 880. The Morgan fingerprint density at radius 2 is 1.88 bits per heavy atom. The molecule has 0 fully saturated rings. The molecule has 0 aliphatic heterocycles. The molecular weight excluding hydrogens is 366 g/mol. The largest absolute Gasteiger partial charge is 0.383 e. The van der Waals surface area contributed by atoms with Gasteiger partial charge in [0, 0.05) is 48.2 Å². The zero-order valence-electron chi connectivity index (χ0n) is 14.6. The smallest absolute Gasteiger partial charge is 0.166 e. The third-order valence-corrected chi connectivity index (χ3v) is 4.97. The van der Waals surface area contributed by atoms with Crippen molar-refractivity contribution in [3.63, 3.8) is 0 Å². The van der Waals surface area contributed by atoms with Crippen LogP contribution in [-0.2, 0) is 4.74 Å². The van der Waals surface area contributed by atoms with E-state index in [0.29, 0.717) is 24.8 Å². The summed E-state index contributed by atoms with van der Waals surface area (Å²) in [4.78, 5) is 3.35. The number of rotatable bonds is 7. The standard InChI is InChI=1S/C20H22ClN3OS/c1-25-11-10-22-20(26)24-13-16(14-6-2-4-8-18(14)21)17-12-23-19-9-5-3-7-15(17)19/h2-9,12,16,23H,10-11,13H2,1H3,(H2,22,24,26)/t16-/m1/s1. The van der Waals surface area contributed by atoms with E-state index in [2.05, 4.69) is 40.0 Å². The quantitative estimate of drug-likeness (QED) is 0.422. The van der Waals surface area contributed by atoms with E-state index in [9.17, 15) is 0 Å². The number of nitrogens with one attached hydrogen (secondary N) is 3. The molecule has 6 heteroatoms. The SMILES string of the molecule is COCCNC(=S)NC[C@H](c1ccccc1Cl)c1c[nH]c2ccccc12. The molecule has 26 heavy (non-hydrogen) atoms. The van der Waals surface area contributed by atoms with Gasteiger partial charge in [0.2, 0.25) is 0 Å². The van der Waals surface area contributed by atoms with Crippen molar-refractivity contribution in [1.29, 1.82) is 0 Å². The van der Waals surface area contributed by atoms with Gasteiger partial charge in [0.1, 0.15) is 0 Å². The van der Waals surface area contributed by atoms with Crippen LogP contribution in [0.3, 0.4) is 0 Å². The number of H-pyrrole nitrogens is 1. The minimum Gasteiger partial charge on any atom is -0.383 e. The van der Waals surface area contributed by atoms with Crippen molar-refractivity contribution in [2.75, 3.05) is 26.8 Å². The van der Waals surface area contributed by atoms with Gasteiger partial charge in [-0.3, -0.25) is 0 Å². The lowest BCUT2D eigenvalue weighted by Gasteiger charge is -2.20. The average Bonchev–Trinajstić information content (AvgIpc) is 3.08. The van der Waals surface area contributed by atoms with Crippen LogP contribution in [0.15, 0.2) is 54.7 Å². The minimum absolute atomic E-state index is 0.0713. The van der Waals surface area contributed by atoms with Crippen LogP contribution >= 0.6 is 23.8 Å². The molecule has 1 heterocycles. The maximum atomic E-state index is 6.50. The third-order valence-electron chi connectivity index (χ3n) is 4.34. The van der Waals surface area contributed by atoms with Crippen molar-refractivity contribution in [3.05, 3.63) is 70.9 Å². The number of ether oxygens (including phenoxy) is 1. The predicted molar refractivity (Wildman–Crippen MR) is 112 cm³/mol. The van der Waals surface area contributed by atoms with Gasteiger partial charge in [-0.15, -0.1) is 0 Å². The number of fused-ring (bicyclic) bond motifs is 1. The van der Waals surface area contributed by atoms with Gasteiger partial charge in [-0.05, 0) is 35.5 Å². The number of methoxy groups -OCH3 is 1. The molecule has 1 aromatic heterocycles. The van der Waals surface area contributed by atoms with Gasteiger partial charge >= 0.3 is 0 Å². The molecule has 3 aromatic rings. The van der Waals surface area contributed by atoms with Crippen LogP contribution in [0.2, 0.25) is 5.02 Å². The topological polar surface area (TPSA) is 49.1 Å². The molecule has 0 spiro atoms. The van der Waals surface area contributed by atoms with Crippen LogP contribution in [0.1, 0.15) is 17.0 Å². The molecule has 1 atom stereocenters. The highest BCUT2D eigenvalue weighted by atomic mass is 35.5. The van der Waals surface area contributed by atoms with Gasteiger partial charge < -0.3 is 20.4 Å². The first-order valence-electron chi connectivity index (χ1n) is 8.51. The molecule has 0 unspecified atom stereocenters. The molecule has 0 aliphatic rings. The van der Waals surface area contributed by atoms with E-state index in [1.165, 1.54) is 10.9 Å². The van der Waals surface area contributed by atoms with E-state index in [0.717, 1.165) is 16.1 Å². The highest BCUT2D eigenvalue weighted by Crippen LogP contribution is 2.33. The van der Waals surface area contributed by atoms with E-state index >= 15 is 0 Å². The summed E-state index contributed by atoms with van der Waals surface area (Å²) in [5.74, 6) is 0.0713. The molecule has 4 nitrogen and oxygen atoms in total. The van der Waals surface area contributed by atoms with Gasteiger partial charge in [-0.25, -0.2) is 0 Å². The Balaban J connectivity index is 1.86. The van der Waals surface area contributed by atoms with Gasteiger partial charge in [0.15, 0.2) is 5.11 Å². The van der Waals surface area contributed by atoms with Crippen LogP contribution < -0.4 is 10.6 Å². The normalized spacial score (nSPS) is 12.1. The molecule has 3 N–H and O–H groups in total. The van der Waals surface area contributed by atoms with Crippen molar-refractivity contribution in [2.24, 2.45) is 0 Å². The van der Waals surface area contributed by atoms with Crippen molar-refractivity contribution in [3.8, 4) is 0 Å². The molecule has 0 bridgehead atoms. The maximum absolute atomic E-state index is 6.50. The Morgan fingerprint density at radius 3 is 2.69 bits per heavy atom. The highest BCUT2D eigenvalue weighted by Gasteiger charge is 2.20. The van der Waals surface area contributed by atoms with E-state index in [4.69, 9.17) is 28.6 Å². The Kier molecular flexibility index (Phi) is 6.50. The van der Waals surface area contributed by atoms with Gasteiger partial charge in [-0.1, -0.05) is 48.0 Å². The van der Waals surface area contributed by atoms with E-state index in [1.54, 1.807) is 7.11 Å². The summed E-state index contributed by atoms with van der Waals surface area (Å²) >= 11 is 11.9. The summed E-state index contributed by atoms with van der Waals surface area (Å²) in [7, 11) is 1.67. The van der Waals surface area contributed by atoms with Crippen molar-refractivity contribution in [1.82, 2.24) is 15.6 Å². The maximum Gasteiger partial charge on any atom is 0.166 e. The lowest BCUT2D eigenvalue weighted by Crippen LogP contribution is -2.39. The lowest BCUT2D eigenvalue weighted by molar-refractivity contribution is 0.204. The number of aromatic amines is 1. The molecular formula is C20H22ClN3OS. The molecule has 0 saturated carbocycles. The summed E-state index contributed by atoms with van der Waals surface area (Å²) in [6.07, 6.45) is 2.06. The zero-order chi connectivity index (χ0) is 18.4. The summed E-state index contributed by atoms with van der Waals surface area (Å²) in [6, 6.07) is 16.2. The molecule has 3 rings (SSSR count). The summed E-state index contributed by atoms with van der Waals surface area (Å²) in [6.45, 7) is 1.93. The second kappa shape index (κ2) is 9.03. The molecule has 0 aliphatic carbocycles. The molecule has 0 amide bonds. The van der Waals surface area contributed by atoms with Crippen molar-refractivity contribution >= 4 is 39.8 Å². The average molecular weight is 388 g/mol. The monoisotopic (exact) mass is 387 g/mol. The second-order valence-electron chi connectivity index (χ2n) is 5.99. The summed E-state index contributed by atoms with van der Waals surface area (Å²) in [5, 5.41) is 9.01. The lowest BCUT2D eigenvalue weighted by atomic mass is 9.91. The van der Waals surface area contributed by atoms with Crippen LogP contribution in [0.25, 0.3) is 10.9 Å². The summed E-state index contributed by atoms with van der Waals surface area (Å²) < 4.78 is 5.04. The third kappa shape index (κ3) is 4.36. The Hall–Kier alpha value is -2.08. The number of para-hydroxylation sites is 1. The Morgan fingerprint density at radius 1 is 1.12 bits per heavy atom. The number of aromatic nitrogens is 1. The fourth-order valence-corrected chi connectivity index (χ4v) is 3.50. The van der Waals surface area contributed by atoms with Crippen LogP contribution in [0.4, 0.5) is 0 Å². The van der Waals surface area contributed by atoms with E-state index in [-0.39, 0.29) is 5.92 Å². The number of hydrogen-bond donors (Lipinski definition) is 3. The first-order valence-corrected chi connectivity index (χ1v) is 9.30. The van der Waals surface area contributed by atoms with Gasteiger partial charge in [-0.2, -0.15) is 0 Å². The number of halogens is 1. The van der Waals surface area contributed by atoms with Crippen molar-refractivity contribution < 1.29 is 4.74 Å². The van der Waals surface area contributed by atoms with E-state index in [1.807, 2.05) is 30.3 Å². The van der Waals surface area contributed by atoms with Crippen LogP contribution in [-0.4, -0.2) is 36.9 Å². The first kappa shape index (κ1) is 18.7. The minimum atomic E-state index is 0.0713. The number of thiocarbonyl (C=S) groups is 1. The number of hydrogen-bond acceptors (Lipinski definition) is 2. The number of benzene rings is 2. The van der Waals surface area contributed by atoms with Crippen LogP contribution in [0, 0.1) is 0 Å². The van der Waals surface area contributed by atoms with Crippen LogP contribution in [0.5, 0.6) is 0 Å².